The predicted octanol–water partition coefficient (Wildman–Crippen LogP) is 2.28. The van der Waals surface area contributed by atoms with Gasteiger partial charge in [0.1, 0.15) is 0 Å². The summed E-state index contributed by atoms with van der Waals surface area (Å²) in [7, 11) is 0. The maximum absolute atomic E-state index is 10.1. The number of hydrogen-bond acceptors (Lipinski definition) is 2. The van der Waals surface area contributed by atoms with Gasteiger partial charge in [-0.2, -0.15) is 0 Å². The van der Waals surface area contributed by atoms with Crippen LogP contribution < -0.4 is 0 Å². The van der Waals surface area contributed by atoms with Crippen molar-refractivity contribution < 1.29 is 9.53 Å². The van der Waals surface area contributed by atoms with E-state index in [1.54, 1.807) is 0 Å². The normalized spacial score (nSPS) is 14.6. The molecular formula is C8H13BrO2. The summed E-state index contributed by atoms with van der Waals surface area (Å²) in [5.41, 5.74) is 0. The maximum Gasteiger partial charge on any atom is 0.156 e. The van der Waals surface area contributed by atoms with E-state index in [-0.39, 0.29) is 6.10 Å². The quantitative estimate of drug-likeness (QED) is 0.525. The molecule has 11 heavy (non-hydrogen) atoms. The molecule has 0 aromatic rings. The molecule has 3 heteroatoms. The second-order valence-electron chi connectivity index (χ2n) is 2.21. The van der Waals surface area contributed by atoms with Gasteiger partial charge < -0.3 is 4.74 Å². The molecule has 0 aromatic carbocycles. The van der Waals surface area contributed by atoms with Crippen molar-refractivity contribution in [3.63, 3.8) is 0 Å². The SMILES string of the molecule is CCOC(C)C/C=C(\Br)C=O. The molecule has 0 spiro atoms. The van der Waals surface area contributed by atoms with Crippen LogP contribution in [0.2, 0.25) is 0 Å². The Labute approximate surface area is 75.7 Å². The summed E-state index contributed by atoms with van der Waals surface area (Å²) in [6.07, 6.45) is 3.55. The first-order valence-electron chi connectivity index (χ1n) is 3.63. The van der Waals surface area contributed by atoms with Crippen molar-refractivity contribution in [3.8, 4) is 0 Å². The van der Waals surface area contributed by atoms with E-state index >= 15 is 0 Å². The summed E-state index contributed by atoms with van der Waals surface area (Å²) in [6.45, 7) is 4.65. The lowest BCUT2D eigenvalue weighted by Gasteiger charge is -2.07. The highest BCUT2D eigenvalue weighted by Crippen LogP contribution is 2.05. The Morgan fingerprint density at radius 3 is 2.82 bits per heavy atom. The van der Waals surface area contributed by atoms with Gasteiger partial charge in [0, 0.05) is 6.61 Å². The van der Waals surface area contributed by atoms with Gasteiger partial charge in [-0.25, -0.2) is 0 Å². The van der Waals surface area contributed by atoms with Gasteiger partial charge in [0.05, 0.1) is 10.6 Å². The number of ether oxygens (including phenoxy) is 1. The summed E-state index contributed by atoms with van der Waals surface area (Å²) in [4.78, 5) is 10.1. The molecule has 0 aliphatic rings. The van der Waals surface area contributed by atoms with E-state index in [1.165, 1.54) is 0 Å². The maximum atomic E-state index is 10.1. The average molecular weight is 221 g/mol. The molecule has 0 aliphatic heterocycles. The zero-order chi connectivity index (χ0) is 8.69. The number of aldehydes is 1. The van der Waals surface area contributed by atoms with Crippen molar-refractivity contribution in [2.75, 3.05) is 6.61 Å². The van der Waals surface area contributed by atoms with Crippen LogP contribution in [0.1, 0.15) is 20.3 Å². The van der Waals surface area contributed by atoms with Crippen molar-refractivity contribution in [1.29, 1.82) is 0 Å². The topological polar surface area (TPSA) is 26.3 Å². The number of halogens is 1. The van der Waals surface area contributed by atoms with Gasteiger partial charge in [-0.3, -0.25) is 4.79 Å². The monoisotopic (exact) mass is 220 g/mol. The Balaban J connectivity index is 3.59. The van der Waals surface area contributed by atoms with Crippen molar-refractivity contribution in [2.24, 2.45) is 0 Å². The summed E-state index contributed by atoms with van der Waals surface area (Å²) >= 11 is 3.09. The molecule has 0 heterocycles. The van der Waals surface area contributed by atoms with Crippen molar-refractivity contribution in [3.05, 3.63) is 10.6 Å². The molecule has 0 aliphatic carbocycles. The molecule has 0 saturated heterocycles. The molecular weight excluding hydrogens is 208 g/mol. The van der Waals surface area contributed by atoms with Crippen molar-refractivity contribution in [1.82, 2.24) is 0 Å². The van der Waals surface area contributed by atoms with E-state index in [2.05, 4.69) is 15.9 Å². The standard InChI is InChI=1S/C8H13BrO2/c1-3-11-7(2)4-5-8(9)6-10/h5-7H,3-4H2,1-2H3/b8-5-. The fourth-order valence-electron chi connectivity index (χ4n) is 0.679. The number of carbonyl (C=O) groups is 1. The third-order valence-electron chi connectivity index (χ3n) is 1.21. The number of hydrogen-bond donors (Lipinski definition) is 0. The Morgan fingerprint density at radius 2 is 2.36 bits per heavy atom. The average Bonchev–Trinajstić information content (AvgIpc) is 2.01. The molecule has 2 nitrogen and oxygen atoms in total. The van der Waals surface area contributed by atoms with Gasteiger partial charge in [0.25, 0.3) is 0 Å². The fourth-order valence-corrected chi connectivity index (χ4v) is 0.866. The minimum Gasteiger partial charge on any atom is -0.378 e. The highest BCUT2D eigenvalue weighted by Gasteiger charge is 1.97. The third-order valence-corrected chi connectivity index (χ3v) is 1.72. The van der Waals surface area contributed by atoms with E-state index in [9.17, 15) is 4.79 Å². The number of carbonyl (C=O) groups excluding carboxylic acids is 1. The highest BCUT2D eigenvalue weighted by molar-refractivity contribution is 9.12. The second kappa shape index (κ2) is 6.55. The van der Waals surface area contributed by atoms with Gasteiger partial charge in [0.15, 0.2) is 6.29 Å². The lowest BCUT2D eigenvalue weighted by Crippen LogP contribution is -2.05. The Kier molecular flexibility index (Phi) is 6.46. The van der Waals surface area contributed by atoms with E-state index < -0.39 is 0 Å². The lowest BCUT2D eigenvalue weighted by atomic mass is 10.2. The van der Waals surface area contributed by atoms with Crippen LogP contribution in [0.3, 0.4) is 0 Å². The van der Waals surface area contributed by atoms with Crippen LogP contribution in [-0.2, 0) is 9.53 Å². The molecule has 0 bridgehead atoms. The molecule has 1 atom stereocenters. The summed E-state index contributed by atoms with van der Waals surface area (Å²) in [6, 6.07) is 0. The molecule has 0 rings (SSSR count). The van der Waals surface area contributed by atoms with E-state index in [4.69, 9.17) is 4.74 Å². The Bertz CT molecular complexity index is 143. The molecule has 0 amide bonds. The van der Waals surface area contributed by atoms with Gasteiger partial charge >= 0.3 is 0 Å². The molecule has 0 radical (unpaired) electrons. The van der Waals surface area contributed by atoms with Crippen LogP contribution in [0.4, 0.5) is 0 Å². The number of allylic oxidation sites excluding steroid dienone is 1. The van der Waals surface area contributed by atoms with Crippen molar-refractivity contribution in [2.45, 2.75) is 26.4 Å². The van der Waals surface area contributed by atoms with Crippen molar-refractivity contribution >= 4 is 22.2 Å². The third kappa shape index (κ3) is 6.26. The smallest absolute Gasteiger partial charge is 0.156 e. The zero-order valence-electron chi connectivity index (χ0n) is 6.84. The lowest BCUT2D eigenvalue weighted by molar-refractivity contribution is -0.104. The molecule has 0 fully saturated rings. The first-order chi connectivity index (χ1) is 5.20. The Morgan fingerprint density at radius 1 is 1.73 bits per heavy atom. The van der Waals surface area contributed by atoms with Gasteiger partial charge in [0.2, 0.25) is 0 Å². The minimum absolute atomic E-state index is 0.187. The van der Waals surface area contributed by atoms with Crippen LogP contribution in [0, 0.1) is 0 Å². The molecule has 1 unspecified atom stereocenters. The van der Waals surface area contributed by atoms with E-state index in [0.717, 1.165) is 12.7 Å². The Hall–Kier alpha value is -0.150. The van der Waals surface area contributed by atoms with Crippen LogP contribution in [0.25, 0.3) is 0 Å². The zero-order valence-corrected chi connectivity index (χ0v) is 8.43. The molecule has 0 aromatic heterocycles. The molecule has 64 valence electrons. The van der Waals surface area contributed by atoms with Crippen LogP contribution in [0.15, 0.2) is 10.6 Å². The summed E-state index contributed by atoms with van der Waals surface area (Å²) in [5.74, 6) is 0. The first-order valence-corrected chi connectivity index (χ1v) is 4.42. The van der Waals surface area contributed by atoms with Crippen LogP contribution in [-0.4, -0.2) is 19.0 Å². The van der Waals surface area contributed by atoms with Gasteiger partial charge in [-0.1, -0.05) is 6.08 Å². The van der Waals surface area contributed by atoms with Crippen LogP contribution >= 0.6 is 15.9 Å². The highest BCUT2D eigenvalue weighted by atomic mass is 79.9. The van der Waals surface area contributed by atoms with E-state index in [1.807, 2.05) is 19.9 Å². The largest absolute Gasteiger partial charge is 0.378 e. The first kappa shape index (κ1) is 10.8. The predicted molar refractivity (Wildman–Crippen MR) is 48.8 cm³/mol. The molecule has 0 saturated carbocycles. The van der Waals surface area contributed by atoms with Crippen LogP contribution in [0.5, 0.6) is 0 Å². The van der Waals surface area contributed by atoms with Gasteiger partial charge in [-0.05, 0) is 36.2 Å². The number of rotatable bonds is 5. The second-order valence-corrected chi connectivity index (χ2v) is 3.12. The summed E-state index contributed by atoms with van der Waals surface area (Å²) in [5, 5.41) is 0. The minimum atomic E-state index is 0.187. The fraction of sp³-hybridized carbons (Fsp3) is 0.625. The van der Waals surface area contributed by atoms with E-state index in [0.29, 0.717) is 11.1 Å². The summed E-state index contributed by atoms with van der Waals surface area (Å²) < 4.78 is 5.84. The van der Waals surface area contributed by atoms with Gasteiger partial charge in [-0.15, -0.1) is 0 Å². The molecule has 0 N–H and O–H groups in total.